The lowest BCUT2D eigenvalue weighted by molar-refractivity contribution is -0.149. The molecule has 1 unspecified atom stereocenters. The Bertz CT molecular complexity index is 1430. The number of carbonyl (C=O) groups is 2. The number of pyridine rings is 1. The number of amides is 1. The molecule has 4 N–H and O–H groups in total. The van der Waals surface area contributed by atoms with Gasteiger partial charge in [-0.2, -0.15) is 4.31 Å². The highest BCUT2D eigenvalue weighted by atomic mass is 35.5. The van der Waals surface area contributed by atoms with Crippen molar-refractivity contribution < 1.29 is 23.1 Å². The van der Waals surface area contributed by atoms with Crippen LogP contribution >= 0.6 is 22.9 Å². The molecular formula is C22H23ClN6O5S2. The summed E-state index contributed by atoms with van der Waals surface area (Å²) in [5.74, 6) is -1.44. The first-order valence-electron chi connectivity index (χ1n) is 11.2. The Labute approximate surface area is 215 Å². The molecule has 2 saturated heterocycles. The van der Waals surface area contributed by atoms with Crippen LogP contribution in [0.2, 0.25) is 5.02 Å². The van der Waals surface area contributed by atoms with Crippen LogP contribution < -0.4 is 11.1 Å². The number of rotatable bonds is 8. The van der Waals surface area contributed by atoms with Crippen molar-refractivity contribution in [3.05, 3.63) is 46.7 Å². The van der Waals surface area contributed by atoms with Gasteiger partial charge in [-0.05, 0) is 48.5 Å². The molecule has 5 rings (SSSR count). The number of hydrogen-bond acceptors (Lipinski definition) is 9. The van der Waals surface area contributed by atoms with E-state index in [-0.39, 0.29) is 23.6 Å². The largest absolute Gasteiger partial charge is 0.480 e. The number of nitrogens with two attached hydrogens (primary N) is 1. The number of hydrogen-bond donors (Lipinski definition) is 3. The van der Waals surface area contributed by atoms with Crippen LogP contribution in [-0.2, 0) is 26.0 Å². The summed E-state index contributed by atoms with van der Waals surface area (Å²) in [5.41, 5.74) is 7.87. The third kappa shape index (κ3) is 4.30. The van der Waals surface area contributed by atoms with Crippen molar-refractivity contribution in [2.45, 2.75) is 41.7 Å². The first-order valence-corrected chi connectivity index (χ1v) is 13.9. The molecule has 3 atom stereocenters. The van der Waals surface area contributed by atoms with E-state index in [9.17, 15) is 23.1 Å². The monoisotopic (exact) mass is 550 g/mol. The van der Waals surface area contributed by atoms with Crippen molar-refractivity contribution in [2.24, 2.45) is 0 Å². The molecule has 2 aromatic heterocycles. The zero-order valence-corrected chi connectivity index (χ0v) is 21.3. The van der Waals surface area contributed by atoms with Crippen LogP contribution in [0.5, 0.6) is 0 Å². The van der Waals surface area contributed by atoms with E-state index in [1.54, 1.807) is 24.4 Å². The molecule has 4 heterocycles. The van der Waals surface area contributed by atoms with E-state index < -0.39 is 40.1 Å². The molecule has 0 radical (unpaired) electrons. The number of likely N-dealkylation sites (tertiary alicyclic amines) is 1. The first kappa shape index (κ1) is 24.8. The highest BCUT2D eigenvalue weighted by molar-refractivity contribution is 7.91. The highest BCUT2D eigenvalue weighted by Crippen LogP contribution is 2.33. The quantitative estimate of drug-likeness (QED) is 0.378. The van der Waals surface area contributed by atoms with Gasteiger partial charge in [0.05, 0.1) is 17.9 Å². The second kappa shape index (κ2) is 9.56. The minimum atomic E-state index is -4.00. The van der Waals surface area contributed by atoms with Gasteiger partial charge in [0.2, 0.25) is 5.91 Å². The van der Waals surface area contributed by atoms with Gasteiger partial charge in [0, 0.05) is 29.6 Å². The van der Waals surface area contributed by atoms with E-state index in [1.165, 1.54) is 20.9 Å². The Hall–Kier alpha value is -2.84. The molecule has 1 amide bonds. The third-order valence-electron chi connectivity index (χ3n) is 6.60. The predicted octanol–water partition coefficient (Wildman–Crippen LogP) is 1.53. The number of aromatic nitrogens is 2. The Morgan fingerprint density at radius 1 is 1.39 bits per heavy atom. The molecule has 1 aromatic carbocycles. The van der Waals surface area contributed by atoms with Crippen LogP contribution in [0.1, 0.15) is 18.4 Å². The number of halogens is 1. The fourth-order valence-electron chi connectivity index (χ4n) is 4.67. The molecule has 0 saturated carbocycles. The highest BCUT2D eigenvalue weighted by Gasteiger charge is 2.49. The second-order valence-electron chi connectivity index (χ2n) is 8.67. The Morgan fingerprint density at radius 3 is 2.81 bits per heavy atom. The number of carbonyl (C=O) groups excluding carboxylic acids is 1. The number of benzene rings is 1. The molecular weight excluding hydrogens is 528 g/mol. The summed E-state index contributed by atoms with van der Waals surface area (Å²) >= 11 is 7.42. The molecule has 2 fully saturated rings. The Kier molecular flexibility index (Phi) is 6.59. The van der Waals surface area contributed by atoms with Crippen molar-refractivity contribution in [1.29, 1.82) is 0 Å². The van der Waals surface area contributed by atoms with Gasteiger partial charge in [0.15, 0.2) is 4.21 Å². The van der Waals surface area contributed by atoms with E-state index in [1.807, 2.05) is 0 Å². The third-order valence-corrected chi connectivity index (χ3v) is 10.1. The number of carboxylic acids is 1. The molecule has 14 heteroatoms. The van der Waals surface area contributed by atoms with Gasteiger partial charge in [-0.25, -0.2) is 18.2 Å². The maximum absolute atomic E-state index is 13.5. The van der Waals surface area contributed by atoms with Gasteiger partial charge < -0.3 is 21.1 Å². The topological polar surface area (TPSA) is 159 Å². The number of fused-ring (bicyclic) bond motifs is 1. The van der Waals surface area contributed by atoms with Crippen LogP contribution in [0, 0.1) is 0 Å². The van der Waals surface area contributed by atoms with E-state index in [2.05, 4.69) is 15.3 Å². The normalized spacial score (nSPS) is 21.2. The number of anilines is 1. The lowest BCUT2D eigenvalue weighted by Crippen LogP contribution is -2.61. The number of carboxylic acid groups (broad SMARTS) is 1. The standard InChI is InChI=1S/C22H23ClN6O5S2/c23-15-9-14-12(1-4-27-20(14)24)7-13(15)8-17(22(31)32)28-6-3-16(21(28)30)29(18-2-5-26-18)36(33,34)19-10-25-11-35-19/h1,4,7,9-11,16-18,26H,2-3,5-6,8H2,(H2,24,27)(H,31,32)/t16-,17+,18?/m0/s1. The summed E-state index contributed by atoms with van der Waals surface area (Å²) in [4.78, 5) is 35.0. The first-order chi connectivity index (χ1) is 17.2. The molecule has 3 aromatic rings. The van der Waals surface area contributed by atoms with Gasteiger partial charge in [-0.3, -0.25) is 9.78 Å². The van der Waals surface area contributed by atoms with E-state index in [0.717, 1.165) is 16.7 Å². The SMILES string of the molecule is Nc1nccc2cc(C[C@H](C(=O)O)N3CC[C@H](N(C4CCN4)S(=O)(=O)c4cncs4)C3=O)c(Cl)cc12. The van der Waals surface area contributed by atoms with E-state index in [4.69, 9.17) is 17.3 Å². The summed E-state index contributed by atoms with van der Waals surface area (Å²) in [6, 6.07) is 2.87. The number of sulfonamides is 1. The lowest BCUT2D eigenvalue weighted by atomic mass is 10.0. The molecule has 190 valence electrons. The van der Waals surface area contributed by atoms with Crippen molar-refractivity contribution in [2.75, 3.05) is 18.8 Å². The number of nitrogens with zero attached hydrogens (tertiary/aromatic N) is 4. The molecule has 0 aliphatic carbocycles. The van der Waals surface area contributed by atoms with Crippen molar-refractivity contribution in [1.82, 2.24) is 24.5 Å². The number of nitrogen functional groups attached to an aromatic ring is 1. The maximum atomic E-state index is 13.5. The number of thiazole rings is 1. The van der Waals surface area contributed by atoms with Crippen LogP contribution in [-0.4, -0.2) is 75.9 Å². The molecule has 0 spiro atoms. The second-order valence-corrected chi connectivity index (χ2v) is 12.0. The average molecular weight is 551 g/mol. The average Bonchev–Trinajstić information content (AvgIpc) is 3.46. The fraction of sp³-hybridized carbons (Fsp3) is 0.364. The van der Waals surface area contributed by atoms with Gasteiger partial charge in [-0.15, -0.1) is 11.3 Å². The van der Waals surface area contributed by atoms with Crippen LogP contribution in [0.15, 0.2) is 40.3 Å². The Morgan fingerprint density at radius 2 is 2.17 bits per heavy atom. The molecule has 2 aliphatic rings. The van der Waals surface area contributed by atoms with Gasteiger partial charge in [0.1, 0.15) is 17.9 Å². The summed E-state index contributed by atoms with van der Waals surface area (Å²) < 4.78 is 28.0. The number of nitrogens with one attached hydrogen (secondary N) is 1. The van der Waals surface area contributed by atoms with Crippen molar-refractivity contribution >= 4 is 61.4 Å². The maximum Gasteiger partial charge on any atom is 0.326 e. The predicted molar refractivity (Wildman–Crippen MR) is 134 cm³/mol. The van der Waals surface area contributed by atoms with E-state index in [0.29, 0.717) is 34.8 Å². The zero-order valence-electron chi connectivity index (χ0n) is 18.9. The number of aliphatic carboxylic acids is 1. The van der Waals surface area contributed by atoms with E-state index >= 15 is 0 Å². The van der Waals surface area contributed by atoms with Crippen molar-refractivity contribution in [3.8, 4) is 0 Å². The van der Waals surface area contributed by atoms with Crippen LogP contribution in [0.25, 0.3) is 10.8 Å². The lowest BCUT2D eigenvalue weighted by Gasteiger charge is -2.39. The minimum absolute atomic E-state index is 0.0361. The minimum Gasteiger partial charge on any atom is -0.480 e. The van der Waals surface area contributed by atoms with Crippen LogP contribution in [0.4, 0.5) is 5.82 Å². The summed E-state index contributed by atoms with van der Waals surface area (Å²) in [6.07, 6.45) is 2.94. The van der Waals surface area contributed by atoms with Crippen LogP contribution in [0.3, 0.4) is 0 Å². The smallest absolute Gasteiger partial charge is 0.326 e. The molecule has 0 bridgehead atoms. The van der Waals surface area contributed by atoms with Gasteiger partial charge >= 0.3 is 5.97 Å². The van der Waals surface area contributed by atoms with Gasteiger partial charge in [-0.1, -0.05) is 11.6 Å². The summed E-state index contributed by atoms with van der Waals surface area (Å²) in [5, 5.41) is 14.8. The molecule has 2 aliphatic heterocycles. The summed E-state index contributed by atoms with van der Waals surface area (Å²) in [6.45, 7) is 0.728. The summed E-state index contributed by atoms with van der Waals surface area (Å²) in [7, 11) is -4.00. The molecule has 36 heavy (non-hydrogen) atoms. The Balaban J connectivity index is 1.44. The fourth-order valence-corrected chi connectivity index (χ4v) is 7.58. The van der Waals surface area contributed by atoms with Gasteiger partial charge in [0.25, 0.3) is 10.0 Å². The molecule has 11 nitrogen and oxygen atoms in total. The zero-order chi connectivity index (χ0) is 25.6. The van der Waals surface area contributed by atoms with Crippen molar-refractivity contribution in [3.63, 3.8) is 0 Å².